The van der Waals surface area contributed by atoms with Gasteiger partial charge in [0.2, 0.25) is 5.91 Å². The Morgan fingerprint density at radius 3 is 2.95 bits per heavy atom. The van der Waals surface area contributed by atoms with E-state index in [0.717, 1.165) is 18.2 Å². The number of rotatable bonds is 4. The number of anilines is 1. The van der Waals surface area contributed by atoms with Gasteiger partial charge in [0.25, 0.3) is 5.69 Å². The van der Waals surface area contributed by atoms with E-state index >= 15 is 0 Å². The van der Waals surface area contributed by atoms with Crippen LogP contribution in [0.1, 0.15) is 13.3 Å². The normalized spacial score (nSPS) is 18.9. The van der Waals surface area contributed by atoms with Crippen molar-refractivity contribution in [1.29, 1.82) is 0 Å². The molecule has 102 valence electrons. The molecule has 19 heavy (non-hydrogen) atoms. The lowest BCUT2D eigenvalue weighted by atomic mass is 10.2. The van der Waals surface area contributed by atoms with Crippen molar-refractivity contribution >= 4 is 17.3 Å². The Morgan fingerprint density at radius 1 is 1.58 bits per heavy atom. The fourth-order valence-electron chi connectivity index (χ4n) is 2.18. The number of nitrogens with one attached hydrogen (secondary N) is 1. The second-order valence-electron chi connectivity index (χ2n) is 4.28. The molecule has 1 atom stereocenters. The van der Waals surface area contributed by atoms with Crippen LogP contribution < -0.4 is 10.2 Å². The van der Waals surface area contributed by atoms with E-state index in [-0.39, 0.29) is 23.3 Å². The number of hydrogen-bond donors (Lipinski definition) is 1. The van der Waals surface area contributed by atoms with Gasteiger partial charge in [0.15, 0.2) is 0 Å². The summed E-state index contributed by atoms with van der Waals surface area (Å²) in [5.74, 6) is -0.877. The Hall–Kier alpha value is -2.02. The topological polar surface area (TPSA) is 75.5 Å². The van der Waals surface area contributed by atoms with Crippen molar-refractivity contribution in [3.63, 3.8) is 0 Å². The van der Waals surface area contributed by atoms with Crippen LogP contribution in [0.3, 0.4) is 0 Å². The molecule has 0 aliphatic carbocycles. The molecule has 6 nitrogen and oxygen atoms in total. The van der Waals surface area contributed by atoms with Crippen molar-refractivity contribution in [2.45, 2.75) is 19.4 Å². The van der Waals surface area contributed by atoms with Gasteiger partial charge in [-0.2, -0.15) is 0 Å². The molecule has 1 unspecified atom stereocenters. The van der Waals surface area contributed by atoms with Gasteiger partial charge in [0, 0.05) is 18.7 Å². The summed E-state index contributed by atoms with van der Waals surface area (Å²) in [6.07, 6.45) is 0.564. The molecular weight excluding hydrogens is 253 g/mol. The molecule has 1 heterocycles. The average Bonchev–Trinajstić information content (AvgIpc) is 2.72. The van der Waals surface area contributed by atoms with Crippen molar-refractivity contribution in [2.75, 3.05) is 18.0 Å². The molecule has 2 rings (SSSR count). The number of carbonyl (C=O) groups is 1. The maximum atomic E-state index is 13.7. The first-order valence-corrected chi connectivity index (χ1v) is 6.03. The molecule has 0 bridgehead atoms. The van der Waals surface area contributed by atoms with E-state index in [1.807, 2.05) is 6.92 Å². The van der Waals surface area contributed by atoms with Gasteiger partial charge in [-0.15, -0.1) is 0 Å². The van der Waals surface area contributed by atoms with Gasteiger partial charge in [-0.1, -0.05) is 6.92 Å². The highest BCUT2D eigenvalue weighted by atomic mass is 19.1. The summed E-state index contributed by atoms with van der Waals surface area (Å²) < 4.78 is 13.7. The van der Waals surface area contributed by atoms with Gasteiger partial charge in [-0.25, -0.2) is 4.39 Å². The van der Waals surface area contributed by atoms with Crippen LogP contribution in [-0.2, 0) is 4.79 Å². The molecule has 1 fully saturated rings. The Balaban J connectivity index is 2.30. The van der Waals surface area contributed by atoms with Crippen LogP contribution in [0.5, 0.6) is 0 Å². The SMILES string of the molecule is CCNC1CCN(c2cc([N+](=O)[O-])ccc2F)C1=O. The van der Waals surface area contributed by atoms with E-state index in [2.05, 4.69) is 5.32 Å². The van der Waals surface area contributed by atoms with Crippen molar-refractivity contribution in [1.82, 2.24) is 5.32 Å². The summed E-state index contributed by atoms with van der Waals surface area (Å²) in [6.45, 7) is 2.88. The number of halogens is 1. The van der Waals surface area contributed by atoms with E-state index in [1.54, 1.807) is 0 Å². The molecule has 1 saturated heterocycles. The van der Waals surface area contributed by atoms with Crippen LogP contribution in [0.4, 0.5) is 15.8 Å². The second-order valence-corrected chi connectivity index (χ2v) is 4.28. The molecule has 0 saturated carbocycles. The molecular formula is C12H14FN3O3. The maximum Gasteiger partial charge on any atom is 0.271 e. The summed E-state index contributed by atoms with van der Waals surface area (Å²) in [5, 5.41) is 13.7. The highest BCUT2D eigenvalue weighted by Gasteiger charge is 2.33. The van der Waals surface area contributed by atoms with Crippen LogP contribution in [0, 0.1) is 15.9 Å². The van der Waals surface area contributed by atoms with Crippen molar-refractivity contribution in [3.05, 3.63) is 34.1 Å². The number of nitrogens with zero attached hydrogens (tertiary/aromatic N) is 2. The molecule has 1 amide bonds. The maximum absolute atomic E-state index is 13.7. The molecule has 1 aromatic rings. The largest absolute Gasteiger partial charge is 0.308 e. The lowest BCUT2D eigenvalue weighted by Gasteiger charge is -2.17. The highest BCUT2D eigenvalue weighted by molar-refractivity contribution is 5.99. The monoisotopic (exact) mass is 267 g/mol. The number of nitro benzene ring substituents is 1. The molecule has 0 spiro atoms. The zero-order chi connectivity index (χ0) is 14.0. The third-order valence-corrected chi connectivity index (χ3v) is 3.09. The number of likely N-dealkylation sites (N-methyl/N-ethyl adjacent to an activating group) is 1. The summed E-state index contributed by atoms with van der Waals surface area (Å²) >= 11 is 0. The van der Waals surface area contributed by atoms with Gasteiger partial charge >= 0.3 is 0 Å². The van der Waals surface area contributed by atoms with Crippen molar-refractivity contribution in [3.8, 4) is 0 Å². The smallest absolute Gasteiger partial charge is 0.271 e. The summed E-state index contributed by atoms with van der Waals surface area (Å²) in [6, 6.07) is 2.85. The van der Waals surface area contributed by atoms with Crippen LogP contribution in [0.25, 0.3) is 0 Å². The number of nitro groups is 1. The lowest BCUT2D eigenvalue weighted by molar-refractivity contribution is -0.384. The third-order valence-electron chi connectivity index (χ3n) is 3.09. The number of amides is 1. The highest BCUT2D eigenvalue weighted by Crippen LogP contribution is 2.28. The average molecular weight is 267 g/mol. The standard InChI is InChI=1S/C12H14FN3O3/c1-2-14-10-5-6-15(12(10)17)11-7-8(16(18)19)3-4-9(11)13/h3-4,7,10,14H,2,5-6H2,1H3. The van der Waals surface area contributed by atoms with Gasteiger partial charge in [0.1, 0.15) is 5.82 Å². The van der Waals surface area contributed by atoms with Crippen LogP contribution in [-0.4, -0.2) is 30.0 Å². The van der Waals surface area contributed by atoms with Crippen molar-refractivity contribution in [2.24, 2.45) is 0 Å². The number of carbonyl (C=O) groups excluding carboxylic acids is 1. The predicted octanol–water partition coefficient (Wildman–Crippen LogP) is 1.45. The Bertz CT molecular complexity index is 521. The summed E-state index contributed by atoms with van der Waals surface area (Å²) in [7, 11) is 0. The molecule has 0 radical (unpaired) electrons. The third kappa shape index (κ3) is 2.55. The molecule has 1 N–H and O–H groups in total. The first-order chi connectivity index (χ1) is 9.04. The van der Waals surface area contributed by atoms with Crippen molar-refractivity contribution < 1.29 is 14.1 Å². The molecule has 0 aromatic heterocycles. The number of hydrogen-bond acceptors (Lipinski definition) is 4. The molecule has 7 heteroatoms. The second kappa shape index (κ2) is 5.31. The van der Waals surface area contributed by atoms with Crippen LogP contribution in [0.15, 0.2) is 18.2 Å². The fourth-order valence-corrected chi connectivity index (χ4v) is 2.18. The van der Waals surface area contributed by atoms with E-state index in [9.17, 15) is 19.3 Å². The van der Waals surface area contributed by atoms with E-state index < -0.39 is 10.7 Å². The van der Waals surface area contributed by atoms with Gasteiger partial charge < -0.3 is 10.2 Å². The van der Waals surface area contributed by atoms with E-state index in [4.69, 9.17) is 0 Å². The van der Waals surface area contributed by atoms with Crippen LogP contribution in [0.2, 0.25) is 0 Å². The number of benzene rings is 1. The van der Waals surface area contributed by atoms with Crippen LogP contribution >= 0.6 is 0 Å². The van der Waals surface area contributed by atoms with Gasteiger partial charge in [-0.05, 0) is 19.0 Å². The minimum atomic E-state index is -0.629. The lowest BCUT2D eigenvalue weighted by Crippen LogP contribution is -2.38. The Kier molecular flexibility index (Phi) is 3.75. The molecule has 1 aromatic carbocycles. The quantitative estimate of drug-likeness (QED) is 0.661. The predicted molar refractivity (Wildman–Crippen MR) is 67.5 cm³/mol. The number of non-ortho nitro benzene ring substituents is 1. The van der Waals surface area contributed by atoms with E-state index in [1.165, 1.54) is 4.90 Å². The zero-order valence-corrected chi connectivity index (χ0v) is 10.4. The first-order valence-electron chi connectivity index (χ1n) is 6.03. The zero-order valence-electron chi connectivity index (χ0n) is 10.4. The minimum Gasteiger partial charge on any atom is -0.308 e. The molecule has 1 aliphatic rings. The summed E-state index contributed by atoms with van der Waals surface area (Å²) in [4.78, 5) is 23.4. The minimum absolute atomic E-state index is 0.0281. The van der Waals surface area contributed by atoms with E-state index in [0.29, 0.717) is 19.5 Å². The fraction of sp³-hybridized carbons (Fsp3) is 0.417. The van der Waals surface area contributed by atoms with Gasteiger partial charge in [-0.3, -0.25) is 14.9 Å². The molecule has 1 aliphatic heterocycles. The first kappa shape index (κ1) is 13.4. The summed E-state index contributed by atoms with van der Waals surface area (Å²) in [5.41, 5.74) is -0.254. The van der Waals surface area contributed by atoms with Gasteiger partial charge in [0.05, 0.1) is 16.7 Å². The Labute approximate surface area is 109 Å². The Morgan fingerprint density at radius 2 is 2.32 bits per heavy atom.